The molecular formula is C17H13Cl2NO5. The zero-order chi connectivity index (χ0) is 17.8. The number of nitrogens with one attached hydrogen (secondary N) is 1. The van der Waals surface area contributed by atoms with Gasteiger partial charge in [0.25, 0.3) is 5.91 Å². The molecule has 25 heavy (non-hydrogen) atoms. The summed E-state index contributed by atoms with van der Waals surface area (Å²) in [5.41, 5.74) is 0.335. The van der Waals surface area contributed by atoms with Crippen LogP contribution in [0.5, 0.6) is 11.5 Å². The molecule has 1 N–H and O–H groups in total. The van der Waals surface area contributed by atoms with E-state index in [9.17, 15) is 9.59 Å². The molecule has 2 aromatic carbocycles. The first-order valence-corrected chi connectivity index (χ1v) is 8.09. The Bertz CT molecular complexity index is 811. The summed E-state index contributed by atoms with van der Waals surface area (Å²) in [5.74, 6) is -0.234. The van der Waals surface area contributed by atoms with Crippen molar-refractivity contribution < 1.29 is 23.8 Å². The van der Waals surface area contributed by atoms with Crippen molar-refractivity contribution in [1.29, 1.82) is 0 Å². The largest absolute Gasteiger partial charge is 0.485 e. The average Bonchev–Trinajstić information content (AvgIpc) is 2.63. The lowest BCUT2D eigenvalue weighted by molar-refractivity contribution is -0.156. The second-order valence-corrected chi connectivity index (χ2v) is 5.91. The number of amides is 1. The molecule has 8 heteroatoms. The molecule has 6 nitrogen and oxygen atoms in total. The Morgan fingerprint density at radius 2 is 1.88 bits per heavy atom. The molecule has 0 spiro atoms. The van der Waals surface area contributed by atoms with Crippen LogP contribution < -0.4 is 14.8 Å². The van der Waals surface area contributed by atoms with Gasteiger partial charge in [0.05, 0.1) is 15.7 Å². The quantitative estimate of drug-likeness (QED) is 0.822. The van der Waals surface area contributed by atoms with Crippen LogP contribution in [0.1, 0.15) is 0 Å². The molecule has 1 aliphatic rings. The number of hydrogen-bond acceptors (Lipinski definition) is 5. The van der Waals surface area contributed by atoms with Crippen molar-refractivity contribution in [3.05, 3.63) is 52.5 Å². The standard InChI is InChI=1S/C17H13Cl2NO5/c18-10-4-3-5-11(16(10)19)20-15(21)9-24-17(22)14-8-23-12-6-1-2-7-13(12)25-14/h1-7,14H,8-9H2,(H,20,21)/t14-/m0/s1. The summed E-state index contributed by atoms with van der Waals surface area (Å²) in [6.45, 7) is -0.471. The van der Waals surface area contributed by atoms with Crippen LogP contribution >= 0.6 is 23.2 Å². The van der Waals surface area contributed by atoms with E-state index in [4.69, 9.17) is 37.4 Å². The van der Waals surface area contributed by atoms with Gasteiger partial charge in [-0.2, -0.15) is 0 Å². The topological polar surface area (TPSA) is 73.9 Å². The van der Waals surface area contributed by atoms with Crippen molar-refractivity contribution in [1.82, 2.24) is 0 Å². The SMILES string of the molecule is O=C(COC(=O)[C@@H]1COc2ccccc2O1)Nc1cccc(Cl)c1Cl. The van der Waals surface area contributed by atoms with E-state index in [2.05, 4.69) is 5.32 Å². The van der Waals surface area contributed by atoms with Crippen LogP contribution in [0.3, 0.4) is 0 Å². The summed E-state index contributed by atoms with van der Waals surface area (Å²) in [6, 6.07) is 11.8. The summed E-state index contributed by atoms with van der Waals surface area (Å²) < 4.78 is 15.9. The lowest BCUT2D eigenvalue weighted by Gasteiger charge is -2.24. The Labute approximate surface area is 153 Å². The lowest BCUT2D eigenvalue weighted by Crippen LogP contribution is -2.39. The van der Waals surface area contributed by atoms with Gasteiger partial charge in [-0.3, -0.25) is 4.79 Å². The number of hydrogen-bond donors (Lipinski definition) is 1. The summed E-state index contributed by atoms with van der Waals surface area (Å²) in [7, 11) is 0. The van der Waals surface area contributed by atoms with Crippen molar-refractivity contribution in [2.24, 2.45) is 0 Å². The lowest BCUT2D eigenvalue weighted by atomic mass is 10.2. The smallest absolute Gasteiger partial charge is 0.351 e. The molecule has 1 heterocycles. The molecule has 0 aliphatic carbocycles. The van der Waals surface area contributed by atoms with E-state index >= 15 is 0 Å². The maximum Gasteiger partial charge on any atom is 0.351 e. The Kier molecular flexibility index (Phi) is 5.31. The molecule has 1 amide bonds. The molecule has 3 rings (SSSR count). The third kappa shape index (κ3) is 4.15. The maximum absolute atomic E-state index is 12.0. The van der Waals surface area contributed by atoms with Crippen molar-refractivity contribution >= 4 is 40.8 Å². The summed E-state index contributed by atoms with van der Waals surface area (Å²) in [4.78, 5) is 23.9. The number of esters is 1. The Morgan fingerprint density at radius 1 is 1.12 bits per heavy atom. The molecule has 0 aromatic heterocycles. The molecule has 0 saturated carbocycles. The normalized spacial score (nSPS) is 15.4. The first-order chi connectivity index (χ1) is 12.0. The Hall–Kier alpha value is -2.44. The highest BCUT2D eigenvalue weighted by molar-refractivity contribution is 6.44. The van der Waals surface area contributed by atoms with E-state index in [0.29, 0.717) is 22.2 Å². The molecule has 0 saturated heterocycles. The van der Waals surface area contributed by atoms with Gasteiger partial charge >= 0.3 is 5.97 Å². The highest BCUT2D eigenvalue weighted by Crippen LogP contribution is 2.31. The molecule has 130 valence electrons. The zero-order valence-corrected chi connectivity index (χ0v) is 14.3. The van der Waals surface area contributed by atoms with Gasteiger partial charge in [-0.05, 0) is 24.3 Å². The van der Waals surface area contributed by atoms with Crippen LogP contribution in [-0.2, 0) is 14.3 Å². The van der Waals surface area contributed by atoms with Crippen LogP contribution in [0.25, 0.3) is 0 Å². The van der Waals surface area contributed by atoms with E-state index < -0.39 is 24.6 Å². The predicted molar refractivity (Wildman–Crippen MR) is 92.4 cm³/mol. The van der Waals surface area contributed by atoms with E-state index in [1.54, 1.807) is 42.5 Å². The summed E-state index contributed by atoms with van der Waals surface area (Å²) >= 11 is 11.8. The van der Waals surface area contributed by atoms with Gasteiger partial charge in [-0.25, -0.2) is 4.79 Å². The second kappa shape index (κ2) is 7.63. The molecule has 2 aromatic rings. The molecule has 0 radical (unpaired) electrons. The van der Waals surface area contributed by atoms with E-state index in [1.165, 1.54) is 0 Å². The molecule has 0 bridgehead atoms. The molecule has 1 aliphatic heterocycles. The van der Waals surface area contributed by atoms with E-state index in [0.717, 1.165) is 0 Å². The number of fused-ring (bicyclic) bond motifs is 1. The summed E-state index contributed by atoms with van der Waals surface area (Å²) in [5, 5.41) is 3.04. The van der Waals surface area contributed by atoms with Crippen LogP contribution in [0.15, 0.2) is 42.5 Å². The zero-order valence-electron chi connectivity index (χ0n) is 12.8. The minimum atomic E-state index is -0.933. The fraction of sp³-hybridized carbons (Fsp3) is 0.176. The number of anilines is 1. The van der Waals surface area contributed by atoms with Crippen LogP contribution in [-0.4, -0.2) is 31.2 Å². The van der Waals surface area contributed by atoms with Crippen LogP contribution in [0.4, 0.5) is 5.69 Å². The van der Waals surface area contributed by atoms with E-state index in [1.807, 2.05) is 0 Å². The second-order valence-electron chi connectivity index (χ2n) is 5.12. The highest BCUT2D eigenvalue weighted by atomic mass is 35.5. The van der Waals surface area contributed by atoms with Gasteiger partial charge in [-0.15, -0.1) is 0 Å². The van der Waals surface area contributed by atoms with Gasteiger partial charge in [0.1, 0.15) is 6.61 Å². The number of para-hydroxylation sites is 2. The molecular weight excluding hydrogens is 369 g/mol. The fourth-order valence-electron chi connectivity index (χ4n) is 2.15. The molecule has 0 unspecified atom stereocenters. The minimum absolute atomic E-state index is 0.0115. The highest BCUT2D eigenvalue weighted by Gasteiger charge is 2.29. The number of halogens is 2. The number of benzene rings is 2. The van der Waals surface area contributed by atoms with Gasteiger partial charge in [0.2, 0.25) is 6.10 Å². The van der Waals surface area contributed by atoms with Crippen molar-refractivity contribution in [2.45, 2.75) is 6.10 Å². The molecule has 1 atom stereocenters. The van der Waals surface area contributed by atoms with Gasteiger partial charge in [0.15, 0.2) is 18.1 Å². The van der Waals surface area contributed by atoms with Crippen LogP contribution in [0.2, 0.25) is 10.0 Å². The third-order valence-corrected chi connectivity index (χ3v) is 4.16. The number of ether oxygens (including phenoxy) is 3. The first kappa shape index (κ1) is 17.4. The number of carbonyl (C=O) groups is 2. The monoisotopic (exact) mass is 381 g/mol. The fourth-order valence-corrected chi connectivity index (χ4v) is 2.50. The predicted octanol–water partition coefficient (Wildman–Crippen LogP) is 3.32. The van der Waals surface area contributed by atoms with Crippen molar-refractivity contribution in [3.8, 4) is 11.5 Å². The Balaban J connectivity index is 1.52. The minimum Gasteiger partial charge on any atom is -0.485 e. The van der Waals surface area contributed by atoms with Gasteiger partial charge < -0.3 is 19.5 Å². The third-order valence-electron chi connectivity index (χ3n) is 3.34. The molecule has 0 fully saturated rings. The number of carbonyl (C=O) groups excluding carboxylic acids is 2. The summed E-state index contributed by atoms with van der Waals surface area (Å²) in [6.07, 6.45) is -0.933. The Morgan fingerprint density at radius 3 is 2.68 bits per heavy atom. The van der Waals surface area contributed by atoms with E-state index in [-0.39, 0.29) is 11.6 Å². The van der Waals surface area contributed by atoms with Gasteiger partial charge in [-0.1, -0.05) is 41.4 Å². The van der Waals surface area contributed by atoms with Crippen molar-refractivity contribution in [2.75, 3.05) is 18.5 Å². The van der Waals surface area contributed by atoms with Crippen LogP contribution in [0, 0.1) is 0 Å². The maximum atomic E-state index is 12.0. The first-order valence-electron chi connectivity index (χ1n) is 7.33. The number of rotatable bonds is 4. The average molecular weight is 382 g/mol. The van der Waals surface area contributed by atoms with Crippen molar-refractivity contribution in [3.63, 3.8) is 0 Å². The van der Waals surface area contributed by atoms with Gasteiger partial charge in [0, 0.05) is 0 Å².